The van der Waals surface area contributed by atoms with Gasteiger partial charge in [0.15, 0.2) is 0 Å². The fourth-order valence-electron chi connectivity index (χ4n) is 1.97. The third kappa shape index (κ3) is 2.09. The van der Waals surface area contributed by atoms with Gasteiger partial charge >= 0.3 is 0 Å². The summed E-state index contributed by atoms with van der Waals surface area (Å²) in [6.07, 6.45) is -0.00370. The Bertz CT molecular complexity index is 558. The Hall–Kier alpha value is -1.51. The van der Waals surface area contributed by atoms with Gasteiger partial charge in [-0.1, -0.05) is 0 Å². The summed E-state index contributed by atoms with van der Waals surface area (Å²) >= 11 is 2.02. The fourth-order valence-corrected chi connectivity index (χ4v) is 2.48. The van der Waals surface area contributed by atoms with E-state index in [0.717, 1.165) is 8.47 Å². The van der Waals surface area contributed by atoms with Crippen LogP contribution in [0.1, 0.15) is 17.9 Å². The molecule has 2 rings (SSSR count). The molecule has 1 atom stereocenters. The van der Waals surface area contributed by atoms with E-state index in [2.05, 4.69) is 0 Å². The van der Waals surface area contributed by atoms with E-state index in [0.29, 0.717) is 5.56 Å². The molecule has 0 bridgehead atoms. The van der Waals surface area contributed by atoms with Gasteiger partial charge in [0, 0.05) is 28.7 Å². The highest BCUT2D eigenvalue weighted by Gasteiger charge is 2.40. The number of likely N-dealkylation sites (N-methyl/N-ethyl adjacent to an activating group) is 1. The molecular formula is C11H9IN2O4. The molecule has 2 amide bonds. The first-order valence-electron chi connectivity index (χ1n) is 5.16. The van der Waals surface area contributed by atoms with Crippen molar-refractivity contribution in [3.63, 3.8) is 0 Å². The number of carbonyl (C=O) groups excluding carboxylic acids is 2. The molecule has 1 aliphatic rings. The van der Waals surface area contributed by atoms with E-state index in [1.54, 1.807) is 12.1 Å². The zero-order chi connectivity index (χ0) is 13.4. The van der Waals surface area contributed by atoms with E-state index in [4.69, 9.17) is 0 Å². The van der Waals surface area contributed by atoms with Crippen LogP contribution >= 0.6 is 22.6 Å². The molecule has 1 fully saturated rings. The van der Waals surface area contributed by atoms with Crippen LogP contribution in [0.15, 0.2) is 18.2 Å². The molecule has 18 heavy (non-hydrogen) atoms. The first-order valence-corrected chi connectivity index (χ1v) is 6.24. The molecule has 6 nitrogen and oxygen atoms in total. The fraction of sp³-hybridized carbons (Fsp3) is 0.273. The molecule has 1 aliphatic heterocycles. The smallest absolute Gasteiger partial charge is 0.273 e. The van der Waals surface area contributed by atoms with Gasteiger partial charge in [0.25, 0.3) is 5.69 Å². The number of hydrogen-bond donors (Lipinski definition) is 0. The molecule has 0 spiro atoms. The zero-order valence-electron chi connectivity index (χ0n) is 9.42. The standard InChI is InChI=1S/C11H9IN2O4/c1-13-10(15)5-8(11(13)16)7-4-6(12)2-3-9(7)14(17)18/h2-4,8H,5H2,1H3. The molecule has 0 aliphatic carbocycles. The number of benzene rings is 1. The van der Waals surface area contributed by atoms with E-state index in [-0.39, 0.29) is 23.9 Å². The van der Waals surface area contributed by atoms with Crippen LogP contribution in [0.5, 0.6) is 0 Å². The van der Waals surface area contributed by atoms with Crippen LogP contribution in [0.2, 0.25) is 0 Å². The topological polar surface area (TPSA) is 80.5 Å². The minimum absolute atomic E-state index is 0.00370. The van der Waals surface area contributed by atoms with Crippen LogP contribution in [0.4, 0.5) is 5.69 Å². The number of hydrogen-bond acceptors (Lipinski definition) is 4. The maximum absolute atomic E-state index is 11.9. The van der Waals surface area contributed by atoms with E-state index >= 15 is 0 Å². The second-order valence-corrected chi connectivity index (χ2v) is 5.25. The second kappa shape index (κ2) is 4.63. The number of rotatable bonds is 2. The highest BCUT2D eigenvalue weighted by Crippen LogP contribution is 2.35. The summed E-state index contributed by atoms with van der Waals surface area (Å²) in [7, 11) is 1.39. The quantitative estimate of drug-likeness (QED) is 0.348. The highest BCUT2D eigenvalue weighted by molar-refractivity contribution is 14.1. The summed E-state index contributed by atoms with van der Waals surface area (Å²) < 4.78 is 0.794. The molecule has 0 N–H and O–H groups in total. The van der Waals surface area contributed by atoms with Gasteiger partial charge < -0.3 is 0 Å². The van der Waals surface area contributed by atoms with Crippen molar-refractivity contribution in [3.8, 4) is 0 Å². The van der Waals surface area contributed by atoms with Gasteiger partial charge in [-0.2, -0.15) is 0 Å². The van der Waals surface area contributed by atoms with Gasteiger partial charge in [-0.25, -0.2) is 0 Å². The van der Waals surface area contributed by atoms with Crippen molar-refractivity contribution >= 4 is 40.1 Å². The lowest BCUT2D eigenvalue weighted by molar-refractivity contribution is -0.385. The summed E-state index contributed by atoms with van der Waals surface area (Å²) in [6, 6.07) is 4.56. The number of amides is 2. The lowest BCUT2D eigenvalue weighted by Crippen LogP contribution is -2.25. The lowest BCUT2D eigenvalue weighted by atomic mass is 9.96. The van der Waals surface area contributed by atoms with Crippen molar-refractivity contribution in [1.29, 1.82) is 0 Å². The van der Waals surface area contributed by atoms with Crippen LogP contribution in [0.3, 0.4) is 0 Å². The van der Waals surface area contributed by atoms with E-state index in [9.17, 15) is 19.7 Å². The monoisotopic (exact) mass is 360 g/mol. The number of nitrogens with zero attached hydrogens (tertiary/aromatic N) is 2. The lowest BCUT2D eigenvalue weighted by Gasteiger charge is -2.10. The van der Waals surface area contributed by atoms with Gasteiger partial charge in [0.05, 0.1) is 10.8 Å². The van der Waals surface area contributed by atoms with Crippen molar-refractivity contribution in [2.75, 3.05) is 7.05 Å². The van der Waals surface area contributed by atoms with Gasteiger partial charge in [-0.3, -0.25) is 24.6 Å². The van der Waals surface area contributed by atoms with Crippen molar-refractivity contribution in [1.82, 2.24) is 4.90 Å². The summed E-state index contributed by atoms with van der Waals surface area (Å²) in [5, 5.41) is 11.0. The van der Waals surface area contributed by atoms with E-state index in [1.165, 1.54) is 13.1 Å². The van der Waals surface area contributed by atoms with Crippen molar-refractivity contribution in [3.05, 3.63) is 37.4 Å². The molecule has 94 valence electrons. The first kappa shape index (κ1) is 12.9. The number of carbonyl (C=O) groups is 2. The van der Waals surface area contributed by atoms with Gasteiger partial charge in [0.1, 0.15) is 0 Å². The molecule has 0 saturated carbocycles. The maximum atomic E-state index is 11.9. The number of nitro benzene ring substituents is 1. The maximum Gasteiger partial charge on any atom is 0.273 e. The molecule has 7 heteroatoms. The summed E-state index contributed by atoms with van der Waals surface area (Å²) in [5.74, 6) is -1.43. The van der Waals surface area contributed by atoms with E-state index in [1.807, 2.05) is 22.6 Å². The number of imide groups is 1. The van der Waals surface area contributed by atoms with Crippen LogP contribution in [-0.2, 0) is 9.59 Å². The summed E-state index contributed by atoms with van der Waals surface area (Å²) in [4.78, 5) is 34.8. The highest BCUT2D eigenvalue weighted by atomic mass is 127. The Labute approximate surface area is 116 Å². The molecule has 1 heterocycles. The zero-order valence-corrected chi connectivity index (χ0v) is 11.6. The molecule has 1 unspecified atom stereocenters. The predicted molar refractivity (Wildman–Crippen MR) is 70.9 cm³/mol. The third-order valence-corrected chi connectivity index (χ3v) is 3.61. The normalized spacial score (nSPS) is 19.4. The van der Waals surface area contributed by atoms with E-state index < -0.39 is 10.8 Å². The molecule has 0 radical (unpaired) electrons. The Morgan fingerprint density at radius 3 is 2.61 bits per heavy atom. The number of halogens is 1. The number of likely N-dealkylation sites (tertiary alicyclic amines) is 1. The third-order valence-electron chi connectivity index (χ3n) is 2.94. The van der Waals surface area contributed by atoms with Crippen LogP contribution in [-0.4, -0.2) is 28.7 Å². The van der Waals surface area contributed by atoms with Crippen molar-refractivity contribution < 1.29 is 14.5 Å². The molecule has 1 aromatic carbocycles. The minimum atomic E-state index is -0.738. The molecule has 0 aromatic heterocycles. The van der Waals surface area contributed by atoms with Gasteiger partial charge in [-0.15, -0.1) is 0 Å². The average molecular weight is 360 g/mol. The SMILES string of the molecule is CN1C(=O)CC(c2cc(I)ccc2[N+](=O)[O-])C1=O. The van der Waals surface area contributed by atoms with Crippen molar-refractivity contribution in [2.24, 2.45) is 0 Å². The Morgan fingerprint density at radius 1 is 1.44 bits per heavy atom. The Kier molecular flexibility index (Phi) is 3.33. The first-order chi connectivity index (χ1) is 8.41. The molecule has 1 saturated heterocycles. The summed E-state index contributed by atoms with van der Waals surface area (Å²) in [5.41, 5.74) is 0.200. The Balaban J connectivity index is 2.51. The molecule has 1 aromatic rings. The van der Waals surface area contributed by atoms with Crippen LogP contribution in [0, 0.1) is 13.7 Å². The van der Waals surface area contributed by atoms with Crippen LogP contribution in [0.25, 0.3) is 0 Å². The predicted octanol–water partition coefficient (Wildman–Crippen LogP) is 1.67. The number of nitro groups is 1. The minimum Gasteiger partial charge on any atom is -0.285 e. The summed E-state index contributed by atoms with van der Waals surface area (Å²) in [6.45, 7) is 0. The molecular weight excluding hydrogens is 351 g/mol. The van der Waals surface area contributed by atoms with Gasteiger partial charge in [-0.05, 0) is 34.7 Å². The largest absolute Gasteiger partial charge is 0.285 e. The van der Waals surface area contributed by atoms with Crippen LogP contribution < -0.4 is 0 Å². The average Bonchev–Trinajstić information content (AvgIpc) is 2.56. The second-order valence-electron chi connectivity index (χ2n) is 4.01. The van der Waals surface area contributed by atoms with Gasteiger partial charge in [0.2, 0.25) is 11.8 Å². The van der Waals surface area contributed by atoms with Crippen molar-refractivity contribution in [2.45, 2.75) is 12.3 Å². The Morgan fingerprint density at radius 2 is 2.11 bits per heavy atom.